The van der Waals surface area contributed by atoms with Gasteiger partial charge in [0.2, 0.25) is 70.9 Å². The van der Waals surface area contributed by atoms with E-state index in [4.69, 9.17) is 9.47 Å². The fourth-order valence-electron chi connectivity index (χ4n) is 18.2. The zero-order chi connectivity index (χ0) is 80.2. The number of hydrogen-bond acceptors (Lipinski definition) is 14. The Hall–Kier alpha value is -6.91. The first-order valence-corrected chi connectivity index (χ1v) is 39.9. The number of alkyl halides is 3. The van der Waals surface area contributed by atoms with Crippen molar-refractivity contribution in [2.24, 2.45) is 52.8 Å². The molecule has 13 atom stereocenters. The molecule has 12 amide bonds. The molecule has 7 rings (SSSR count). The van der Waals surface area contributed by atoms with Crippen LogP contribution < -0.4 is 16.0 Å². The van der Waals surface area contributed by atoms with Gasteiger partial charge in [-0.25, -0.2) is 0 Å². The lowest BCUT2D eigenvalue weighted by Crippen LogP contribution is -2.71. The second-order valence-corrected chi connectivity index (χ2v) is 33.9. The third-order valence-corrected chi connectivity index (χ3v) is 25.2. The van der Waals surface area contributed by atoms with Crippen LogP contribution in [0.1, 0.15) is 197 Å². The monoisotopic (exact) mass is 1530 g/mol. The molecule has 3 N–H and O–H groups in total. The van der Waals surface area contributed by atoms with Crippen molar-refractivity contribution in [3.63, 3.8) is 0 Å². The van der Waals surface area contributed by atoms with Crippen LogP contribution in [0.3, 0.4) is 0 Å². The Balaban J connectivity index is 1.33. The molecule has 4 aliphatic carbocycles. The Labute approximate surface area is 639 Å². The van der Waals surface area contributed by atoms with E-state index in [1.807, 2.05) is 33.8 Å². The highest BCUT2D eigenvalue weighted by Gasteiger charge is 2.59. The third kappa shape index (κ3) is 21.4. The standard InChI is InChI=1S/C79H129F3N12O14/c1-18-50(7)66-74(104)88(12)44-65(97)89(13)57-28-22-21-25-37-93(73(57)103)60(39-51-29-33-53(34-30-51)48(4)5)72(102)87(11)43-63(95)83-56(36-32-52-31-35-55(79(80,81)82)62(40-52)107-17)70(100)94-42-49(6)38-58(94)69(99)85-78(46-77(8,9)47-78)76(106)92(16)67(54-26-23-24-27-54)75(105)91(15)59(71(101)86(10)19-2)41-64(96)90(14)61(45-108-20-3)68(98)84-66/h21-22,48-62,66-67H,18-20,23-47H2,1-17H3,(H,83,95)(H,84,98)(H,85,99)/b22-21-/t49-,50-,51?,52?,53?,55?,56-,57-,58-,59-,60-,61-,62?,66-,67-/m0/s1. The van der Waals surface area contributed by atoms with Gasteiger partial charge >= 0.3 is 6.18 Å². The molecule has 0 aromatic rings. The summed E-state index contributed by atoms with van der Waals surface area (Å²) in [7, 11) is 11.3. The van der Waals surface area contributed by atoms with Gasteiger partial charge in [0.05, 0.1) is 38.1 Å². The van der Waals surface area contributed by atoms with Crippen LogP contribution in [-0.4, -0.2) is 284 Å². The van der Waals surface area contributed by atoms with Crippen LogP contribution in [0.4, 0.5) is 13.2 Å². The molecule has 610 valence electrons. The number of amides is 12. The Kier molecular flexibility index (Phi) is 31.4. The van der Waals surface area contributed by atoms with E-state index >= 15 is 33.6 Å². The van der Waals surface area contributed by atoms with Gasteiger partial charge < -0.3 is 69.5 Å². The average molecular weight is 1530 g/mol. The summed E-state index contributed by atoms with van der Waals surface area (Å²) in [5, 5.41) is 8.88. The smallest absolute Gasteiger partial charge is 0.381 e. The lowest BCUT2D eigenvalue weighted by atomic mass is 9.58. The molecule has 0 radical (unpaired) electrons. The molecule has 3 heterocycles. The van der Waals surface area contributed by atoms with E-state index in [0.717, 1.165) is 48.3 Å². The van der Waals surface area contributed by atoms with Gasteiger partial charge in [0.15, 0.2) is 0 Å². The zero-order valence-corrected chi connectivity index (χ0v) is 67.6. The maximum Gasteiger partial charge on any atom is 0.394 e. The van der Waals surface area contributed by atoms with E-state index in [0.29, 0.717) is 37.5 Å². The van der Waals surface area contributed by atoms with Gasteiger partial charge in [-0.05, 0) is 157 Å². The van der Waals surface area contributed by atoms with Crippen LogP contribution in [0.5, 0.6) is 0 Å². The number of carbonyl (C=O) groups is 12. The van der Waals surface area contributed by atoms with Gasteiger partial charge in [-0.1, -0.05) is 92.7 Å². The minimum atomic E-state index is -4.51. The summed E-state index contributed by atoms with van der Waals surface area (Å²) < 4.78 is 54.3. The Morgan fingerprint density at radius 1 is 0.685 bits per heavy atom. The SMILES string of the molecule is CCOC[C@H]1C(=O)N[C@@H]([C@@H](C)CC)C(=O)N(C)CC(=O)N(C)[C@H]2C/C=C\CCN(C2=O)[C@@H](CC2CCC(C(C)C)CC2)C(=O)N(C)CC(=O)N[C@@H](CCC2CCC(C(F)(F)F)C(OC)C2)C(=O)N2C[C@@H](C)C[C@H]2C(=O)NC2(CC(C)(C)C2)C(=O)N(C)[C@@H](C2CCCC2)C(=O)N(C)[C@H](C(=O)N(C)CC)CC(=O)N1C. The van der Waals surface area contributed by atoms with E-state index < -0.39 is 180 Å². The van der Waals surface area contributed by atoms with E-state index in [9.17, 15) is 37.1 Å². The number of nitrogens with zero attached hydrogens (tertiary/aromatic N) is 9. The van der Waals surface area contributed by atoms with Crippen molar-refractivity contribution >= 4 is 70.9 Å². The molecular weight excluding hydrogens is 1400 g/mol. The summed E-state index contributed by atoms with van der Waals surface area (Å²) in [6.07, 6.45) is 4.66. The van der Waals surface area contributed by atoms with E-state index in [-0.39, 0.29) is 115 Å². The van der Waals surface area contributed by atoms with Gasteiger partial charge in [0.25, 0.3) is 0 Å². The van der Waals surface area contributed by atoms with Crippen LogP contribution >= 0.6 is 0 Å². The van der Waals surface area contributed by atoms with Crippen LogP contribution in [0, 0.1) is 52.8 Å². The Bertz CT molecular complexity index is 3210. The number of ether oxygens (including phenoxy) is 2. The molecule has 4 saturated carbocycles. The lowest BCUT2D eigenvalue weighted by Gasteiger charge is -2.54. The summed E-state index contributed by atoms with van der Waals surface area (Å²) in [5.41, 5.74) is -2.13. The van der Waals surface area contributed by atoms with Crippen molar-refractivity contribution in [3.05, 3.63) is 12.2 Å². The van der Waals surface area contributed by atoms with E-state index in [2.05, 4.69) is 29.8 Å². The van der Waals surface area contributed by atoms with Gasteiger partial charge in [-0.15, -0.1) is 0 Å². The largest absolute Gasteiger partial charge is 0.394 e. The first-order chi connectivity index (χ1) is 50.7. The summed E-state index contributed by atoms with van der Waals surface area (Å²) in [4.78, 5) is 194. The Morgan fingerprint density at radius 2 is 1.32 bits per heavy atom. The number of fused-ring (bicyclic) bond motifs is 3. The molecule has 29 heteroatoms. The summed E-state index contributed by atoms with van der Waals surface area (Å²) in [5.74, 6) is -10.3. The van der Waals surface area contributed by atoms with Gasteiger partial charge in [-0.2, -0.15) is 13.2 Å². The number of likely N-dealkylation sites (N-methyl/N-ethyl adjacent to an activating group) is 7. The first-order valence-electron chi connectivity index (χ1n) is 39.9. The predicted octanol–water partition coefficient (Wildman–Crippen LogP) is 6.42. The van der Waals surface area contributed by atoms with Crippen LogP contribution in [0.15, 0.2) is 12.2 Å². The molecule has 3 aliphatic heterocycles. The number of carbonyl (C=O) groups excluding carboxylic acids is 12. The van der Waals surface area contributed by atoms with Crippen molar-refractivity contribution in [1.82, 2.24) is 60.0 Å². The number of halogens is 3. The molecule has 3 unspecified atom stereocenters. The maximum atomic E-state index is 15.8. The highest BCUT2D eigenvalue weighted by molar-refractivity contribution is 6.01. The van der Waals surface area contributed by atoms with E-state index in [1.54, 1.807) is 26.8 Å². The van der Waals surface area contributed by atoms with Crippen molar-refractivity contribution in [2.75, 3.05) is 102 Å². The lowest BCUT2D eigenvalue weighted by molar-refractivity contribution is -0.215. The molecule has 0 aromatic carbocycles. The molecule has 7 aliphatic rings. The molecule has 2 bridgehead atoms. The van der Waals surface area contributed by atoms with Crippen LogP contribution in [-0.2, 0) is 67.0 Å². The van der Waals surface area contributed by atoms with Gasteiger partial charge in [-0.3, -0.25) is 57.5 Å². The molecular formula is C79H129F3N12O14. The van der Waals surface area contributed by atoms with Crippen LogP contribution in [0.25, 0.3) is 0 Å². The predicted molar refractivity (Wildman–Crippen MR) is 400 cm³/mol. The first kappa shape index (κ1) is 88.3. The summed E-state index contributed by atoms with van der Waals surface area (Å²) in [6, 6.07) is -10.2. The molecule has 6 fully saturated rings. The van der Waals surface area contributed by atoms with E-state index in [1.165, 1.54) is 90.7 Å². The maximum absolute atomic E-state index is 15.8. The number of hydrogen-bond donors (Lipinski definition) is 3. The summed E-state index contributed by atoms with van der Waals surface area (Å²) in [6.45, 7) is 16.0. The zero-order valence-electron chi connectivity index (χ0n) is 67.6. The second kappa shape index (κ2) is 38.3. The average Bonchev–Trinajstić information content (AvgIpc) is 0.880. The number of nitrogens with one attached hydrogen (secondary N) is 3. The van der Waals surface area contributed by atoms with Crippen molar-refractivity contribution in [1.29, 1.82) is 0 Å². The fourth-order valence-corrected chi connectivity index (χ4v) is 18.2. The van der Waals surface area contributed by atoms with Crippen molar-refractivity contribution in [2.45, 2.75) is 263 Å². The normalized spacial score (nSPS) is 31.6. The highest BCUT2D eigenvalue weighted by Crippen LogP contribution is 2.50. The van der Waals surface area contributed by atoms with Crippen molar-refractivity contribution in [3.8, 4) is 0 Å². The molecule has 2 saturated heterocycles. The highest BCUT2D eigenvalue weighted by atomic mass is 19.4. The quantitative estimate of drug-likeness (QED) is 0.149. The molecule has 0 aromatic heterocycles. The topological polar surface area (TPSA) is 289 Å². The molecule has 26 nitrogen and oxygen atoms in total. The third-order valence-electron chi connectivity index (χ3n) is 25.2. The minimum absolute atomic E-state index is 0.0120. The molecule has 1 spiro atoms. The minimum Gasteiger partial charge on any atom is -0.381 e. The fraction of sp³-hybridized carbons (Fsp3) is 0.823. The molecule has 108 heavy (non-hydrogen) atoms. The second-order valence-electron chi connectivity index (χ2n) is 33.9. The number of rotatable bonds is 15. The number of methoxy groups -OCH3 is 1. The van der Waals surface area contributed by atoms with Crippen LogP contribution in [0.2, 0.25) is 0 Å². The van der Waals surface area contributed by atoms with Gasteiger partial charge in [0.1, 0.15) is 53.9 Å². The summed E-state index contributed by atoms with van der Waals surface area (Å²) >= 11 is 0. The Morgan fingerprint density at radius 3 is 1.92 bits per heavy atom. The van der Waals surface area contributed by atoms with Crippen molar-refractivity contribution < 1.29 is 80.2 Å². The van der Waals surface area contributed by atoms with Gasteiger partial charge in [0, 0.05) is 82.7 Å².